The fraction of sp³-hybridized carbons (Fsp3) is 0.731. The van der Waals surface area contributed by atoms with Crippen LogP contribution in [0.15, 0.2) is 23.2 Å². The van der Waals surface area contributed by atoms with E-state index in [0.29, 0.717) is 6.04 Å². The highest BCUT2D eigenvalue weighted by molar-refractivity contribution is 7.81. The normalized spacial score (nSPS) is 25.3. The van der Waals surface area contributed by atoms with E-state index < -0.39 is 0 Å². The zero-order valence-corrected chi connectivity index (χ0v) is 19.7. The Morgan fingerprint density at radius 1 is 1.07 bits per heavy atom. The van der Waals surface area contributed by atoms with E-state index in [-0.39, 0.29) is 4.75 Å². The molecule has 2 fully saturated rings. The molecule has 0 aromatic heterocycles. The Hall–Kier alpha value is -0.760. The minimum absolute atomic E-state index is 0.114. The molecule has 2 aliphatic rings. The van der Waals surface area contributed by atoms with Gasteiger partial charge >= 0.3 is 0 Å². The number of rotatable bonds is 5. The number of aryl methyl sites for hydroxylation is 1. The highest BCUT2D eigenvalue weighted by Crippen LogP contribution is 2.39. The van der Waals surface area contributed by atoms with E-state index in [1.165, 1.54) is 63.4 Å². The van der Waals surface area contributed by atoms with Gasteiger partial charge in [-0.2, -0.15) is 12.6 Å². The highest BCUT2D eigenvalue weighted by atomic mass is 32.1. The first kappa shape index (κ1) is 23.5. The maximum Gasteiger partial charge on any atom is 0.0492 e. The first-order chi connectivity index (χ1) is 13.4. The predicted octanol–water partition coefficient (Wildman–Crippen LogP) is 7.95. The van der Waals surface area contributed by atoms with Crippen molar-refractivity contribution in [1.29, 1.82) is 0 Å². The van der Waals surface area contributed by atoms with Crippen LogP contribution in [0.2, 0.25) is 0 Å². The van der Waals surface area contributed by atoms with Crippen LogP contribution in [0.25, 0.3) is 0 Å². The Balaban J connectivity index is 0.000000292. The van der Waals surface area contributed by atoms with Crippen molar-refractivity contribution in [2.24, 2.45) is 10.9 Å². The molecule has 0 N–H and O–H groups in total. The second kappa shape index (κ2) is 11.4. The Morgan fingerprint density at radius 2 is 1.71 bits per heavy atom. The van der Waals surface area contributed by atoms with Crippen LogP contribution in [0.1, 0.15) is 108 Å². The van der Waals surface area contributed by atoms with E-state index in [2.05, 4.69) is 57.6 Å². The van der Waals surface area contributed by atoms with Crippen LogP contribution in [0.4, 0.5) is 0 Å². The molecule has 1 atom stereocenters. The van der Waals surface area contributed by atoms with Crippen molar-refractivity contribution in [3.63, 3.8) is 0 Å². The van der Waals surface area contributed by atoms with Crippen molar-refractivity contribution >= 4 is 19.3 Å². The van der Waals surface area contributed by atoms with Gasteiger partial charge in [-0.25, -0.2) is 0 Å². The van der Waals surface area contributed by atoms with Crippen LogP contribution in [-0.4, -0.2) is 17.5 Å². The summed E-state index contributed by atoms with van der Waals surface area (Å²) in [5.41, 5.74) is 4.65. The van der Waals surface area contributed by atoms with Gasteiger partial charge in [0.25, 0.3) is 0 Å². The topological polar surface area (TPSA) is 12.4 Å². The largest absolute Gasteiger partial charge is 0.298 e. The van der Waals surface area contributed by atoms with Crippen molar-refractivity contribution in [3.05, 3.63) is 34.9 Å². The molecule has 1 nitrogen and oxygen atoms in total. The van der Waals surface area contributed by atoms with E-state index in [9.17, 15) is 0 Å². The molecule has 158 valence electrons. The molecular weight excluding hydrogens is 358 g/mol. The summed E-state index contributed by atoms with van der Waals surface area (Å²) in [5.74, 6) is 1.70. The van der Waals surface area contributed by atoms with Gasteiger partial charge in [-0.15, -0.1) is 0 Å². The van der Waals surface area contributed by atoms with E-state index in [1.54, 1.807) is 11.1 Å². The molecule has 28 heavy (non-hydrogen) atoms. The smallest absolute Gasteiger partial charge is 0.0492 e. The second-order valence-electron chi connectivity index (χ2n) is 9.60. The van der Waals surface area contributed by atoms with Gasteiger partial charge in [-0.1, -0.05) is 71.1 Å². The summed E-state index contributed by atoms with van der Waals surface area (Å²) in [7, 11) is 0. The monoisotopic (exact) mass is 401 g/mol. The Kier molecular flexibility index (Phi) is 9.60. The SMILES string of the molecule is C=NC1CCCCC1.CCC(C)(S)Cc1c(C)cccc1C1CCC(C)CC1. The summed E-state index contributed by atoms with van der Waals surface area (Å²) in [4.78, 5) is 4.00. The molecule has 0 spiro atoms. The molecule has 0 aliphatic heterocycles. The first-order valence-electron chi connectivity index (χ1n) is 11.6. The summed E-state index contributed by atoms with van der Waals surface area (Å²) in [6.07, 6.45) is 14.4. The molecule has 1 aromatic rings. The quantitative estimate of drug-likeness (QED) is 0.379. The molecule has 1 unspecified atom stereocenters. The summed E-state index contributed by atoms with van der Waals surface area (Å²) in [6, 6.07) is 7.49. The van der Waals surface area contributed by atoms with Crippen LogP contribution in [0.5, 0.6) is 0 Å². The van der Waals surface area contributed by atoms with Gasteiger partial charge in [0.05, 0.1) is 0 Å². The third-order valence-corrected chi connectivity index (χ3v) is 7.53. The van der Waals surface area contributed by atoms with E-state index >= 15 is 0 Å². The lowest BCUT2D eigenvalue weighted by Gasteiger charge is -2.31. The summed E-state index contributed by atoms with van der Waals surface area (Å²) >= 11 is 4.87. The average Bonchev–Trinajstić information content (AvgIpc) is 2.71. The zero-order valence-electron chi connectivity index (χ0n) is 18.8. The molecule has 2 heteroatoms. The van der Waals surface area contributed by atoms with Crippen LogP contribution >= 0.6 is 12.6 Å². The number of aliphatic imine (C=N–C) groups is 1. The standard InChI is InChI=1S/C19H30S.C7H13N/c1-5-19(4,20)13-18-15(3)7-6-8-17(18)16-11-9-14(2)10-12-16;1-8-7-5-3-2-4-6-7/h6-8,14,16,20H,5,9-13H2,1-4H3;7H,1-6H2. The Morgan fingerprint density at radius 3 is 2.25 bits per heavy atom. The second-order valence-corrected chi connectivity index (χ2v) is 10.7. The van der Waals surface area contributed by atoms with Crippen LogP contribution in [0.3, 0.4) is 0 Å². The minimum Gasteiger partial charge on any atom is -0.298 e. The molecular formula is C26H43NS. The van der Waals surface area contributed by atoms with Crippen molar-refractivity contribution in [3.8, 4) is 0 Å². The van der Waals surface area contributed by atoms with Gasteiger partial charge in [0.1, 0.15) is 0 Å². The van der Waals surface area contributed by atoms with Crippen molar-refractivity contribution in [2.75, 3.05) is 0 Å². The van der Waals surface area contributed by atoms with E-state index in [4.69, 9.17) is 12.6 Å². The van der Waals surface area contributed by atoms with Crippen LogP contribution in [0, 0.1) is 12.8 Å². The average molecular weight is 402 g/mol. The Bertz CT molecular complexity index is 592. The maximum atomic E-state index is 4.87. The minimum atomic E-state index is 0.114. The first-order valence-corrected chi connectivity index (χ1v) is 12.1. The van der Waals surface area contributed by atoms with Gasteiger partial charge < -0.3 is 0 Å². The fourth-order valence-electron chi connectivity index (χ4n) is 4.69. The summed E-state index contributed by atoms with van der Waals surface area (Å²) in [5, 5.41) is 0. The molecule has 0 saturated heterocycles. The number of thiol groups is 1. The van der Waals surface area contributed by atoms with E-state index in [0.717, 1.165) is 24.7 Å². The highest BCUT2D eigenvalue weighted by Gasteiger charge is 2.25. The van der Waals surface area contributed by atoms with Gasteiger partial charge in [-0.3, -0.25) is 4.99 Å². The Labute approximate surface area is 180 Å². The van der Waals surface area contributed by atoms with Crippen molar-refractivity contribution in [1.82, 2.24) is 0 Å². The van der Waals surface area contributed by atoms with E-state index in [1.807, 2.05) is 0 Å². The molecule has 3 rings (SSSR count). The zero-order chi connectivity index (χ0) is 20.6. The molecule has 0 amide bonds. The van der Waals surface area contributed by atoms with Gasteiger partial charge in [0, 0.05) is 10.8 Å². The lowest BCUT2D eigenvalue weighted by atomic mass is 9.76. The van der Waals surface area contributed by atoms with Crippen molar-refractivity contribution in [2.45, 2.75) is 115 Å². The van der Waals surface area contributed by atoms with Crippen LogP contribution in [-0.2, 0) is 6.42 Å². The molecule has 2 aliphatic carbocycles. The lowest BCUT2D eigenvalue weighted by Crippen LogP contribution is -2.22. The van der Waals surface area contributed by atoms with Gasteiger partial charge in [0.2, 0.25) is 0 Å². The van der Waals surface area contributed by atoms with Crippen LogP contribution < -0.4 is 0 Å². The van der Waals surface area contributed by atoms with Gasteiger partial charge in [-0.05, 0) is 80.7 Å². The summed E-state index contributed by atoms with van der Waals surface area (Å²) in [6.45, 7) is 12.7. The molecule has 1 aromatic carbocycles. The summed E-state index contributed by atoms with van der Waals surface area (Å²) < 4.78 is 0.114. The lowest BCUT2D eigenvalue weighted by molar-refractivity contribution is 0.346. The molecule has 2 saturated carbocycles. The van der Waals surface area contributed by atoms with Crippen molar-refractivity contribution < 1.29 is 0 Å². The molecule has 0 radical (unpaired) electrons. The molecule has 0 heterocycles. The fourth-order valence-corrected chi connectivity index (χ4v) is 4.85. The van der Waals surface area contributed by atoms with Gasteiger partial charge in [0.15, 0.2) is 0 Å². The maximum absolute atomic E-state index is 4.87. The molecule has 0 bridgehead atoms. The number of hydrogen-bond acceptors (Lipinski definition) is 2. The number of nitrogens with zero attached hydrogens (tertiary/aromatic N) is 1. The third kappa shape index (κ3) is 7.25. The predicted molar refractivity (Wildman–Crippen MR) is 129 cm³/mol. The third-order valence-electron chi connectivity index (χ3n) is 7.05. The number of hydrogen-bond donors (Lipinski definition) is 1. The number of benzene rings is 1.